The molecule has 1 aliphatic rings. The molecule has 1 saturated heterocycles. The topological polar surface area (TPSA) is 62.2 Å². The van der Waals surface area contributed by atoms with E-state index < -0.39 is 0 Å². The number of carbonyl (C=O) groups excluding carboxylic acids is 1. The van der Waals surface area contributed by atoms with Gasteiger partial charge < -0.3 is 10.1 Å². The van der Waals surface area contributed by atoms with Crippen LogP contribution in [0, 0.1) is 11.2 Å². The summed E-state index contributed by atoms with van der Waals surface area (Å²) in [5.41, 5.74) is 1.69. The van der Waals surface area contributed by atoms with Crippen LogP contribution in [0.25, 0.3) is 6.08 Å². The van der Waals surface area contributed by atoms with E-state index in [1.165, 1.54) is 12.1 Å². The molecule has 2 aromatic carbocycles. The number of rotatable bonds is 4. The summed E-state index contributed by atoms with van der Waals surface area (Å²) in [7, 11) is 0. The van der Waals surface area contributed by atoms with Crippen molar-refractivity contribution < 1.29 is 13.9 Å². The summed E-state index contributed by atoms with van der Waals surface area (Å²) in [4.78, 5) is 12.1. The number of ether oxygens (including phenoxy) is 1. The van der Waals surface area contributed by atoms with E-state index in [2.05, 4.69) is 21.2 Å². The van der Waals surface area contributed by atoms with Crippen LogP contribution in [0.15, 0.2) is 51.8 Å². The molecule has 0 aromatic heterocycles. The monoisotopic (exact) mass is 406 g/mol. The van der Waals surface area contributed by atoms with Crippen LogP contribution in [0.2, 0.25) is 0 Å². The molecule has 1 fully saturated rings. The van der Waals surface area contributed by atoms with Crippen molar-refractivity contribution in [3.05, 3.63) is 68.8 Å². The number of hydrogen-bond acceptors (Lipinski definition) is 4. The first kappa shape index (κ1) is 16.7. The maximum absolute atomic E-state index is 12.9. The molecule has 0 atom stereocenters. The van der Waals surface area contributed by atoms with Crippen LogP contribution in [-0.4, -0.2) is 11.1 Å². The molecule has 4 nitrogen and oxygen atoms in total. The van der Waals surface area contributed by atoms with Gasteiger partial charge in [-0.15, -0.1) is 0 Å². The number of benzene rings is 2. The van der Waals surface area contributed by atoms with E-state index in [4.69, 9.17) is 10.1 Å². The highest BCUT2D eigenvalue weighted by Crippen LogP contribution is 2.30. The van der Waals surface area contributed by atoms with E-state index in [0.717, 1.165) is 27.4 Å². The largest absolute Gasteiger partial charge is 0.488 e. The molecule has 2 N–H and O–H groups in total. The molecular weight excluding hydrogens is 395 g/mol. The summed E-state index contributed by atoms with van der Waals surface area (Å²) >= 11 is 4.54. The van der Waals surface area contributed by atoms with Gasteiger partial charge in [0.25, 0.3) is 5.91 Å². The SMILES string of the molecule is N=C1NC(=O)C(=Cc2ccc(OCc3ccc(F)cc3)c(Br)c2)S1. The molecule has 1 aliphatic heterocycles. The molecule has 1 amide bonds. The Balaban J connectivity index is 1.70. The molecule has 122 valence electrons. The standard InChI is InChI=1S/C17H12BrFN2O2S/c18-13-7-11(8-15-16(22)21-17(20)24-15)3-6-14(13)23-9-10-1-4-12(19)5-2-10/h1-8H,9H2,(H2,20,21,22). The average molecular weight is 407 g/mol. The highest BCUT2D eigenvalue weighted by Gasteiger charge is 2.22. The first-order valence-electron chi connectivity index (χ1n) is 6.97. The van der Waals surface area contributed by atoms with Gasteiger partial charge in [0.15, 0.2) is 5.17 Å². The molecule has 0 saturated carbocycles. The van der Waals surface area contributed by atoms with Crippen LogP contribution in [0.3, 0.4) is 0 Å². The molecule has 2 aromatic rings. The minimum absolute atomic E-state index is 0.129. The molecule has 24 heavy (non-hydrogen) atoms. The Labute approximate surface area is 150 Å². The summed E-state index contributed by atoms with van der Waals surface area (Å²) in [5, 5.41) is 10.00. The minimum atomic E-state index is -0.278. The van der Waals surface area contributed by atoms with Crippen molar-refractivity contribution >= 4 is 44.8 Å². The lowest BCUT2D eigenvalue weighted by Crippen LogP contribution is -2.18. The Bertz CT molecular complexity index is 837. The Morgan fingerprint density at radius 2 is 2.00 bits per heavy atom. The number of carbonyl (C=O) groups is 1. The first-order valence-corrected chi connectivity index (χ1v) is 8.58. The van der Waals surface area contributed by atoms with Gasteiger partial charge in [-0.2, -0.15) is 0 Å². The van der Waals surface area contributed by atoms with Gasteiger partial charge >= 0.3 is 0 Å². The number of thioether (sulfide) groups is 1. The van der Waals surface area contributed by atoms with Crippen LogP contribution >= 0.6 is 27.7 Å². The maximum atomic E-state index is 12.9. The van der Waals surface area contributed by atoms with Gasteiger partial charge in [0.2, 0.25) is 0 Å². The molecule has 0 unspecified atom stereocenters. The highest BCUT2D eigenvalue weighted by molar-refractivity contribution is 9.10. The third kappa shape index (κ3) is 4.04. The van der Waals surface area contributed by atoms with E-state index in [1.807, 2.05) is 12.1 Å². The maximum Gasteiger partial charge on any atom is 0.264 e. The van der Waals surface area contributed by atoms with Crippen molar-refractivity contribution in [1.82, 2.24) is 5.32 Å². The Kier molecular flexibility index (Phi) is 5.01. The summed E-state index contributed by atoms with van der Waals surface area (Å²) in [6, 6.07) is 11.6. The second kappa shape index (κ2) is 7.19. The van der Waals surface area contributed by atoms with Crippen molar-refractivity contribution in [3.63, 3.8) is 0 Å². The lowest BCUT2D eigenvalue weighted by Gasteiger charge is -2.09. The van der Waals surface area contributed by atoms with Gasteiger partial charge in [-0.1, -0.05) is 18.2 Å². The lowest BCUT2D eigenvalue weighted by atomic mass is 10.2. The van der Waals surface area contributed by atoms with Gasteiger partial charge in [0, 0.05) is 0 Å². The third-order valence-electron chi connectivity index (χ3n) is 3.22. The van der Waals surface area contributed by atoms with Crippen molar-refractivity contribution in [1.29, 1.82) is 5.41 Å². The summed E-state index contributed by atoms with van der Waals surface area (Å²) in [5.74, 6) is 0.106. The number of halogens is 2. The summed E-state index contributed by atoms with van der Waals surface area (Å²) in [6.45, 7) is 0.328. The number of nitrogens with one attached hydrogen (secondary N) is 2. The molecule has 0 bridgehead atoms. The van der Waals surface area contributed by atoms with Crippen LogP contribution in [-0.2, 0) is 11.4 Å². The van der Waals surface area contributed by atoms with Crippen molar-refractivity contribution in [2.24, 2.45) is 0 Å². The third-order valence-corrected chi connectivity index (χ3v) is 4.67. The predicted octanol–water partition coefficient (Wildman–Crippen LogP) is 4.31. The molecule has 0 radical (unpaired) electrons. The number of hydrogen-bond donors (Lipinski definition) is 2. The Hall–Kier alpha value is -2.12. The van der Waals surface area contributed by atoms with Crippen LogP contribution in [0.4, 0.5) is 4.39 Å². The van der Waals surface area contributed by atoms with Crippen molar-refractivity contribution in [2.75, 3.05) is 0 Å². The summed E-state index contributed by atoms with van der Waals surface area (Å²) < 4.78 is 19.3. The van der Waals surface area contributed by atoms with E-state index in [1.54, 1.807) is 24.3 Å². The molecule has 3 rings (SSSR count). The fourth-order valence-electron chi connectivity index (χ4n) is 2.06. The van der Waals surface area contributed by atoms with Crippen LogP contribution < -0.4 is 10.1 Å². The zero-order valence-electron chi connectivity index (χ0n) is 12.3. The van der Waals surface area contributed by atoms with E-state index in [-0.39, 0.29) is 16.9 Å². The number of amidine groups is 1. The highest BCUT2D eigenvalue weighted by atomic mass is 79.9. The van der Waals surface area contributed by atoms with Gasteiger partial charge in [-0.05, 0) is 69.2 Å². The van der Waals surface area contributed by atoms with Gasteiger partial charge in [-0.3, -0.25) is 10.2 Å². The molecule has 1 heterocycles. The van der Waals surface area contributed by atoms with Crippen LogP contribution in [0.1, 0.15) is 11.1 Å². The molecule has 0 spiro atoms. The first-order chi connectivity index (χ1) is 11.5. The fourth-order valence-corrected chi connectivity index (χ4v) is 3.27. The smallest absolute Gasteiger partial charge is 0.264 e. The number of amides is 1. The lowest BCUT2D eigenvalue weighted by molar-refractivity contribution is -0.115. The second-order valence-corrected chi connectivity index (χ2v) is 6.91. The van der Waals surface area contributed by atoms with E-state index >= 15 is 0 Å². The Morgan fingerprint density at radius 3 is 2.62 bits per heavy atom. The zero-order valence-corrected chi connectivity index (χ0v) is 14.7. The van der Waals surface area contributed by atoms with Gasteiger partial charge in [0.05, 0.1) is 9.38 Å². The van der Waals surface area contributed by atoms with Crippen molar-refractivity contribution in [3.8, 4) is 5.75 Å². The van der Waals surface area contributed by atoms with Crippen LogP contribution in [0.5, 0.6) is 5.75 Å². The molecular formula is C17H12BrFN2O2S. The van der Waals surface area contributed by atoms with E-state index in [9.17, 15) is 9.18 Å². The quantitative estimate of drug-likeness (QED) is 0.743. The van der Waals surface area contributed by atoms with Gasteiger partial charge in [-0.25, -0.2) is 4.39 Å². The Morgan fingerprint density at radius 1 is 1.25 bits per heavy atom. The zero-order chi connectivity index (χ0) is 17.1. The predicted molar refractivity (Wildman–Crippen MR) is 96.3 cm³/mol. The van der Waals surface area contributed by atoms with Crippen molar-refractivity contribution in [2.45, 2.75) is 6.61 Å². The average Bonchev–Trinajstić information content (AvgIpc) is 2.86. The molecule has 0 aliphatic carbocycles. The molecule has 7 heteroatoms. The normalized spacial score (nSPS) is 15.7. The van der Waals surface area contributed by atoms with Gasteiger partial charge in [0.1, 0.15) is 18.2 Å². The summed E-state index contributed by atoms with van der Waals surface area (Å²) in [6.07, 6.45) is 1.72. The minimum Gasteiger partial charge on any atom is -0.488 e. The van der Waals surface area contributed by atoms with E-state index in [0.29, 0.717) is 17.3 Å². The second-order valence-electron chi connectivity index (χ2n) is 5.00. The fraction of sp³-hybridized carbons (Fsp3) is 0.0588.